The largest absolute Gasteiger partial charge is 0.337 e. The molecule has 1 aliphatic rings. The number of halogens is 1. The van der Waals surface area contributed by atoms with E-state index in [1.54, 1.807) is 4.90 Å². The molecule has 1 aliphatic heterocycles. The summed E-state index contributed by atoms with van der Waals surface area (Å²) < 4.78 is 0.901. The lowest BCUT2D eigenvalue weighted by Crippen LogP contribution is -2.43. The first kappa shape index (κ1) is 13.3. The molecule has 1 amide bonds. The molecule has 0 spiro atoms. The maximum Gasteiger partial charge on any atom is 0.254 e. The molecule has 18 heavy (non-hydrogen) atoms. The number of hydrogen-bond donors (Lipinski definition) is 0. The van der Waals surface area contributed by atoms with Crippen LogP contribution in [0.3, 0.4) is 0 Å². The molecule has 96 valence electrons. The molecular weight excluding hydrogens is 294 g/mol. The van der Waals surface area contributed by atoms with Crippen LogP contribution in [-0.4, -0.2) is 29.7 Å². The van der Waals surface area contributed by atoms with Gasteiger partial charge in [0.1, 0.15) is 5.78 Å². The summed E-state index contributed by atoms with van der Waals surface area (Å²) in [6, 6.07) is 5.70. The quantitative estimate of drug-likeness (QED) is 0.800. The lowest BCUT2D eigenvalue weighted by molar-refractivity contribution is -0.124. The first-order valence-electron chi connectivity index (χ1n) is 6.07. The molecule has 1 aromatic rings. The van der Waals surface area contributed by atoms with E-state index in [1.807, 2.05) is 32.0 Å². The fraction of sp³-hybridized carbons (Fsp3) is 0.429. The number of rotatable bonds is 1. The average molecular weight is 310 g/mol. The summed E-state index contributed by atoms with van der Waals surface area (Å²) in [6.07, 6.45) is 0.472. The van der Waals surface area contributed by atoms with Crippen LogP contribution in [0.4, 0.5) is 0 Å². The SMILES string of the molecule is Cc1ccc(Br)cc1C(=O)N1CCC(=O)C(C)C1. The molecule has 0 saturated carbocycles. The molecule has 0 N–H and O–H groups in total. The van der Waals surface area contributed by atoms with Crippen molar-refractivity contribution in [1.29, 1.82) is 0 Å². The molecule has 1 fully saturated rings. The van der Waals surface area contributed by atoms with Crippen LogP contribution in [0.25, 0.3) is 0 Å². The molecular formula is C14H16BrNO2. The van der Waals surface area contributed by atoms with Gasteiger partial charge in [0.2, 0.25) is 0 Å². The van der Waals surface area contributed by atoms with Gasteiger partial charge in [0.15, 0.2) is 0 Å². The Morgan fingerprint density at radius 2 is 2.17 bits per heavy atom. The van der Waals surface area contributed by atoms with Gasteiger partial charge in [0.05, 0.1) is 0 Å². The van der Waals surface area contributed by atoms with Gasteiger partial charge in [-0.3, -0.25) is 9.59 Å². The summed E-state index contributed by atoms with van der Waals surface area (Å²) in [4.78, 5) is 25.7. The van der Waals surface area contributed by atoms with Crippen LogP contribution in [0.5, 0.6) is 0 Å². The smallest absolute Gasteiger partial charge is 0.254 e. The minimum absolute atomic E-state index is 0.0214. The number of carbonyl (C=O) groups is 2. The Bertz CT molecular complexity index is 499. The summed E-state index contributed by atoms with van der Waals surface area (Å²) >= 11 is 3.39. The van der Waals surface area contributed by atoms with Crippen molar-refractivity contribution in [2.24, 2.45) is 5.92 Å². The number of ketones is 1. The van der Waals surface area contributed by atoms with Gasteiger partial charge in [-0.15, -0.1) is 0 Å². The molecule has 1 unspecified atom stereocenters. The van der Waals surface area contributed by atoms with E-state index in [-0.39, 0.29) is 17.6 Å². The van der Waals surface area contributed by atoms with Gasteiger partial charge in [-0.1, -0.05) is 28.9 Å². The minimum atomic E-state index is -0.0461. The third kappa shape index (κ3) is 2.64. The number of piperidine rings is 1. The van der Waals surface area contributed by atoms with Gasteiger partial charge in [0.25, 0.3) is 5.91 Å². The third-order valence-corrected chi connectivity index (χ3v) is 3.88. The van der Waals surface area contributed by atoms with Crippen molar-refractivity contribution in [3.8, 4) is 0 Å². The maximum absolute atomic E-state index is 12.4. The van der Waals surface area contributed by atoms with Crippen LogP contribution in [0.1, 0.15) is 29.3 Å². The molecule has 1 atom stereocenters. The highest BCUT2D eigenvalue weighted by Crippen LogP contribution is 2.20. The van der Waals surface area contributed by atoms with E-state index in [4.69, 9.17) is 0 Å². The fourth-order valence-corrected chi connectivity index (χ4v) is 2.56. The Hall–Kier alpha value is -1.16. The van der Waals surface area contributed by atoms with Gasteiger partial charge in [-0.25, -0.2) is 0 Å². The molecule has 1 saturated heterocycles. The molecule has 1 aromatic carbocycles. The summed E-state index contributed by atoms with van der Waals surface area (Å²) in [5.74, 6) is 0.230. The van der Waals surface area contributed by atoms with Gasteiger partial charge >= 0.3 is 0 Å². The molecule has 2 rings (SSSR count). The van der Waals surface area contributed by atoms with Crippen LogP contribution in [-0.2, 0) is 4.79 Å². The summed E-state index contributed by atoms with van der Waals surface area (Å²) in [6.45, 7) is 4.88. The standard InChI is InChI=1S/C14H16BrNO2/c1-9-3-4-11(15)7-12(9)14(18)16-6-5-13(17)10(2)8-16/h3-4,7,10H,5-6,8H2,1-2H3. The Kier molecular flexibility index (Phi) is 3.85. The molecule has 1 heterocycles. The summed E-state index contributed by atoms with van der Waals surface area (Å²) in [5.41, 5.74) is 1.68. The normalized spacial score (nSPS) is 20.1. The number of hydrogen-bond acceptors (Lipinski definition) is 2. The summed E-state index contributed by atoms with van der Waals surface area (Å²) in [5, 5.41) is 0. The van der Waals surface area contributed by atoms with Crippen molar-refractivity contribution in [3.63, 3.8) is 0 Å². The van der Waals surface area contributed by atoms with Gasteiger partial charge in [-0.2, -0.15) is 0 Å². The van der Waals surface area contributed by atoms with Crippen molar-refractivity contribution < 1.29 is 9.59 Å². The van der Waals surface area contributed by atoms with Crippen molar-refractivity contribution in [3.05, 3.63) is 33.8 Å². The highest BCUT2D eigenvalue weighted by molar-refractivity contribution is 9.10. The third-order valence-electron chi connectivity index (χ3n) is 3.39. The Labute approximate surface area is 115 Å². The van der Waals surface area contributed by atoms with Gasteiger partial charge in [0, 0.05) is 35.5 Å². The second kappa shape index (κ2) is 5.22. The van der Waals surface area contributed by atoms with E-state index in [1.165, 1.54) is 0 Å². The molecule has 4 heteroatoms. The number of likely N-dealkylation sites (tertiary alicyclic amines) is 1. The average Bonchev–Trinajstić information content (AvgIpc) is 2.35. The topological polar surface area (TPSA) is 37.4 Å². The molecule has 0 aliphatic carbocycles. The van der Waals surface area contributed by atoms with E-state index in [9.17, 15) is 9.59 Å². The van der Waals surface area contributed by atoms with Gasteiger partial charge < -0.3 is 4.90 Å². The predicted molar refractivity (Wildman–Crippen MR) is 73.6 cm³/mol. The number of Topliss-reactive ketones (excluding diaryl/α,β-unsaturated/α-hetero) is 1. The van der Waals surface area contributed by atoms with Crippen molar-refractivity contribution in [1.82, 2.24) is 4.90 Å². The molecule has 0 aromatic heterocycles. The Balaban J connectivity index is 2.21. The number of benzene rings is 1. The first-order chi connectivity index (χ1) is 8.49. The van der Waals surface area contributed by atoms with E-state index < -0.39 is 0 Å². The van der Waals surface area contributed by atoms with E-state index in [0.29, 0.717) is 25.1 Å². The van der Waals surface area contributed by atoms with E-state index in [0.717, 1.165) is 10.0 Å². The zero-order chi connectivity index (χ0) is 13.3. The monoisotopic (exact) mass is 309 g/mol. The zero-order valence-electron chi connectivity index (χ0n) is 10.6. The lowest BCUT2D eigenvalue weighted by atomic mass is 9.97. The second-order valence-corrected chi connectivity index (χ2v) is 5.74. The van der Waals surface area contributed by atoms with E-state index in [2.05, 4.69) is 15.9 Å². The summed E-state index contributed by atoms with van der Waals surface area (Å²) in [7, 11) is 0. The van der Waals surface area contributed by atoms with Crippen LogP contribution in [0, 0.1) is 12.8 Å². The van der Waals surface area contributed by atoms with Crippen LogP contribution in [0.15, 0.2) is 22.7 Å². The number of carbonyl (C=O) groups excluding carboxylic acids is 2. The molecule has 0 bridgehead atoms. The fourth-order valence-electron chi connectivity index (χ4n) is 2.19. The van der Waals surface area contributed by atoms with Crippen LogP contribution < -0.4 is 0 Å². The second-order valence-electron chi connectivity index (χ2n) is 4.83. The number of nitrogens with zero attached hydrogens (tertiary/aromatic N) is 1. The molecule has 3 nitrogen and oxygen atoms in total. The van der Waals surface area contributed by atoms with Crippen molar-refractivity contribution >= 4 is 27.6 Å². The minimum Gasteiger partial charge on any atom is -0.337 e. The van der Waals surface area contributed by atoms with Crippen molar-refractivity contribution in [2.75, 3.05) is 13.1 Å². The van der Waals surface area contributed by atoms with Crippen LogP contribution in [0.2, 0.25) is 0 Å². The maximum atomic E-state index is 12.4. The van der Waals surface area contributed by atoms with Crippen LogP contribution >= 0.6 is 15.9 Å². The number of amides is 1. The first-order valence-corrected chi connectivity index (χ1v) is 6.86. The Morgan fingerprint density at radius 3 is 2.83 bits per heavy atom. The highest BCUT2D eigenvalue weighted by atomic mass is 79.9. The zero-order valence-corrected chi connectivity index (χ0v) is 12.2. The van der Waals surface area contributed by atoms with Crippen molar-refractivity contribution in [2.45, 2.75) is 20.3 Å². The Morgan fingerprint density at radius 1 is 1.44 bits per heavy atom. The van der Waals surface area contributed by atoms with Gasteiger partial charge in [-0.05, 0) is 24.6 Å². The predicted octanol–water partition coefficient (Wildman–Crippen LogP) is 2.81. The molecule has 0 radical (unpaired) electrons. The highest BCUT2D eigenvalue weighted by Gasteiger charge is 2.27. The van der Waals surface area contributed by atoms with E-state index >= 15 is 0 Å². The lowest BCUT2D eigenvalue weighted by Gasteiger charge is -2.30. The number of aryl methyl sites for hydroxylation is 1.